The number of benzene rings is 2. The topological polar surface area (TPSA) is 103 Å². The summed E-state index contributed by atoms with van der Waals surface area (Å²) in [5.41, 5.74) is 8.58. The van der Waals surface area contributed by atoms with Crippen LogP contribution in [0.3, 0.4) is 0 Å². The minimum Gasteiger partial charge on any atom is -0.494 e. The van der Waals surface area contributed by atoms with Gasteiger partial charge in [0, 0.05) is 11.1 Å². The number of nitrogens with one attached hydrogen (secondary N) is 1. The van der Waals surface area contributed by atoms with Gasteiger partial charge < -0.3 is 25.4 Å². The maximum Gasteiger partial charge on any atom is 0.259 e. The predicted octanol–water partition coefficient (Wildman–Crippen LogP) is 5.94. The normalized spacial score (nSPS) is 14.6. The van der Waals surface area contributed by atoms with Gasteiger partial charge in [-0.2, -0.15) is 0 Å². The van der Waals surface area contributed by atoms with E-state index in [1.807, 2.05) is 19.9 Å². The highest BCUT2D eigenvalue weighted by atomic mass is 32.1. The Hall–Kier alpha value is -3.76. The lowest BCUT2D eigenvalue weighted by Gasteiger charge is -2.29. The summed E-state index contributed by atoms with van der Waals surface area (Å²) in [5, 5.41) is 3.28. The molecule has 2 aromatic carbocycles. The van der Waals surface area contributed by atoms with E-state index < -0.39 is 11.7 Å². The van der Waals surface area contributed by atoms with Crippen LogP contribution >= 0.6 is 11.3 Å². The van der Waals surface area contributed by atoms with E-state index in [9.17, 15) is 4.79 Å². The number of nitrogens with zero attached hydrogens (tertiary/aromatic N) is 3. The number of nitrogens with two attached hydrogens (primary N) is 1. The summed E-state index contributed by atoms with van der Waals surface area (Å²) in [4.78, 5) is 24.0. The molecule has 39 heavy (non-hydrogen) atoms. The molecule has 1 aliphatic heterocycles. The van der Waals surface area contributed by atoms with Crippen LogP contribution in [0.5, 0.6) is 11.5 Å². The number of amides is 1. The van der Waals surface area contributed by atoms with Crippen LogP contribution in [0.15, 0.2) is 42.6 Å². The van der Waals surface area contributed by atoms with Crippen molar-refractivity contribution < 1.29 is 18.7 Å². The number of aromatic nitrogens is 2. The molecule has 1 amide bonds. The second-order valence-corrected chi connectivity index (χ2v) is 11.1. The molecule has 10 heteroatoms. The molecule has 204 valence electrons. The third-order valence-electron chi connectivity index (χ3n) is 6.91. The van der Waals surface area contributed by atoms with Crippen molar-refractivity contribution in [2.75, 3.05) is 32.6 Å². The van der Waals surface area contributed by atoms with Crippen molar-refractivity contribution in [3.05, 3.63) is 58.9 Å². The molecule has 1 saturated heterocycles. The molecule has 0 spiro atoms. The first kappa shape index (κ1) is 26.8. The van der Waals surface area contributed by atoms with Gasteiger partial charge in [0.15, 0.2) is 11.6 Å². The Bertz CT molecular complexity index is 1510. The number of hydrogen-bond donors (Lipinski definition) is 2. The number of thiophene rings is 1. The summed E-state index contributed by atoms with van der Waals surface area (Å²) in [5.74, 6) is 0.300. The SMILES string of the molecule is COc1cccc(-c2c(C(N)=O)sc3cnc(Nc4ccc(C5CCN(C)CC5)cc4OC(C)C)nc23)c1F. The second-order valence-electron chi connectivity index (χ2n) is 10.0. The van der Waals surface area contributed by atoms with Crippen LogP contribution in [0.2, 0.25) is 0 Å². The zero-order chi connectivity index (χ0) is 27.7. The second kappa shape index (κ2) is 11.2. The number of carbonyl (C=O) groups is 1. The van der Waals surface area contributed by atoms with Crippen molar-refractivity contribution in [1.29, 1.82) is 0 Å². The molecule has 4 aromatic rings. The van der Waals surface area contributed by atoms with Crippen LogP contribution in [-0.4, -0.2) is 54.1 Å². The van der Waals surface area contributed by atoms with Gasteiger partial charge in [-0.3, -0.25) is 4.79 Å². The first-order chi connectivity index (χ1) is 18.7. The number of anilines is 2. The van der Waals surface area contributed by atoms with Crippen LogP contribution in [0.25, 0.3) is 21.3 Å². The third kappa shape index (κ3) is 5.53. The Balaban J connectivity index is 1.55. The fourth-order valence-electron chi connectivity index (χ4n) is 4.95. The zero-order valence-corrected chi connectivity index (χ0v) is 23.3. The molecule has 0 saturated carbocycles. The summed E-state index contributed by atoms with van der Waals surface area (Å²) in [6, 6.07) is 11.0. The summed E-state index contributed by atoms with van der Waals surface area (Å²) < 4.78 is 27.2. The van der Waals surface area contributed by atoms with E-state index in [0.717, 1.165) is 43.0 Å². The quantitative estimate of drug-likeness (QED) is 0.280. The maximum absolute atomic E-state index is 15.3. The van der Waals surface area contributed by atoms with Gasteiger partial charge >= 0.3 is 0 Å². The zero-order valence-electron chi connectivity index (χ0n) is 22.5. The number of rotatable bonds is 8. The molecule has 0 aliphatic carbocycles. The number of piperidine rings is 1. The minimum absolute atomic E-state index is 0.0284. The van der Waals surface area contributed by atoms with Gasteiger partial charge in [0.25, 0.3) is 5.91 Å². The largest absolute Gasteiger partial charge is 0.494 e. The van der Waals surface area contributed by atoms with Crippen LogP contribution in [0.1, 0.15) is 47.8 Å². The maximum atomic E-state index is 15.3. The van der Waals surface area contributed by atoms with Gasteiger partial charge in [0.2, 0.25) is 5.95 Å². The fourth-order valence-corrected chi connectivity index (χ4v) is 5.93. The highest BCUT2D eigenvalue weighted by Crippen LogP contribution is 2.41. The van der Waals surface area contributed by atoms with Gasteiger partial charge in [-0.25, -0.2) is 14.4 Å². The Morgan fingerprint density at radius 2 is 1.97 bits per heavy atom. The van der Waals surface area contributed by atoms with Crippen LogP contribution in [-0.2, 0) is 0 Å². The first-order valence-corrected chi connectivity index (χ1v) is 13.7. The standard InChI is InChI=1S/C29H32FN5O3S/c1-16(2)38-22-14-18(17-10-12-35(3)13-11-17)8-9-20(22)33-29-32-15-23-26(34-29)24(27(39-23)28(31)36)19-6-5-7-21(37-4)25(19)30/h5-9,14-17H,10-13H2,1-4H3,(H2,31,36)(H,32,33,34). The molecule has 3 N–H and O–H groups in total. The van der Waals surface area contributed by atoms with Gasteiger partial charge in [-0.05, 0) is 76.5 Å². The van der Waals surface area contributed by atoms with Crippen molar-refractivity contribution in [2.24, 2.45) is 5.73 Å². The summed E-state index contributed by atoms with van der Waals surface area (Å²) >= 11 is 1.13. The lowest BCUT2D eigenvalue weighted by atomic mass is 9.89. The van der Waals surface area contributed by atoms with Crippen molar-refractivity contribution in [3.63, 3.8) is 0 Å². The van der Waals surface area contributed by atoms with Crippen LogP contribution in [0, 0.1) is 5.82 Å². The van der Waals surface area contributed by atoms with E-state index in [2.05, 4.69) is 34.4 Å². The Kier molecular flexibility index (Phi) is 7.67. The van der Waals surface area contributed by atoms with E-state index in [-0.39, 0.29) is 22.3 Å². The number of fused-ring (bicyclic) bond motifs is 1. The summed E-state index contributed by atoms with van der Waals surface area (Å²) in [6.45, 7) is 6.12. The number of carbonyl (C=O) groups excluding carboxylic acids is 1. The third-order valence-corrected chi connectivity index (χ3v) is 8.04. The lowest BCUT2D eigenvalue weighted by Crippen LogP contribution is -2.29. The van der Waals surface area contributed by atoms with Crippen molar-refractivity contribution in [2.45, 2.75) is 38.7 Å². The Labute approximate surface area is 231 Å². The summed E-state index contributed by atoms with van der Waals surface area (Å²) in [6.07, 6.45) is 3.79. The Morgan fingerprint density at radius 3 is 2.67 bits per heavy atom. The number of methoxy groups -OCH3 is 1. The van der Waals surface area contributed by atoms with E-state index >= 15 is 4.39 Å². The van der Waals surface area contributed by atoms with Crippen LogP contribution in [0.4, 0.5) is 16.0 Å². The van der Waals surface area contributed by atoms with Crippen molar-refractivity contribution in [1.82, 2.24) is 14.9 Å². The smallest absolute Gasteiger partial charge is 0.259 e. The minimum atomic E-state index is -0.665. The molecule has 0 radical (unpaired) electrons. The highest BCUT2D eigenvalue weighted by molar-refractivity contribution is 7.21. The molecule has 8 nitrogen and oxygen atoms in total. The molecular formula is C29H32FN5O3S. The average Bonchev–Trinajstić information content (AvgIpc) is 3.29. The van der Waals surface area contributed by atoms with E-state index in [4.69, 9.17) is 20.2 Å². The van der Waals surface area contributed by atoms with Gasteiger partial charge in [0.1, 0.15) is 10.6 Å². The molecule has 5 rings (SSSR count). The predicted molar refractivity (Wildman–Crippen MR) is 153 cm³/mol. The fraction of sp³-hybridized carbons (Fsp3) is 0.345. The van der Waals surface area contributed by atoms with Crippen molar-refractivity contribution >= 4 is 39.1 Å². The molecular weight excluding hydrogens is 517 g/mol. The number of hydrogen-bond acceptors (Lipinski definition) is 8. The molecule has 3 heterocycles. The monoisotopic (exact) mass is 549 g/mol. The van der Waals surface area contributed by atoms with E-state index in [0.29, 0.717) is 33.4 Å². The molecule has 0 unspecified atom stereocenters. The summed E-state index contributed by atoms with van der Waals surface area (Å²) in [7, 11) is 3.54. The van der Waals surface area contributed by atoms with Gasteiger partial charge in [-0.1, -0.05) is 18.2 Å². The van der Waals surface area contributed by atoms with Crippen molar-refractivity contribution in [3.8, 4) is 22.6 Å². The molecule has 0 bridgehead atoms. The molecule has 1 fully saturated rings. The number of likely N-dealkylation sites (tertiary alicyclic amines) is 1. The number of ether oxygens (including phenoxy) is 2. The van der Waals surface area contributed by atoms with E-state index in [1.54, 1.807) is 18.3 Å². The first-order valence-electron chi connectivity index (χ1n) is 12.9. The number of primary amides is 1. The molecule has 2 aromatic heterocycles. The van der Waals surface area contributed by atoms with Gasteiger partial charge in [0.05, 0.1) is 35.3 Å². The van der Waals surface area contributed by atoms with E-state index in [1.165, 1.54) is 18.7 Å². The van der Waals surface area contributed by atoms with Crippen LogP contribution < -0.4 is 20.5 Å². The lowest BCUT2D eigenvalue weighted by molar-refractivity contribution is 0.100. The number of halogens is 1. The van der Waals surface area contributed by atoms with Gasteiger partial charge in [-0.15, -0.1) is 11.3 Å². The Morgan fingerprint density at radius 1 is 1.21 bits per heavy atom. The average molecular weight is 550 g/mol. The highest BCUT2D eigenvalue weighted by Gasteiger charge is 2.24. The molecule has 1 aliphatic rings. The molecule has 0 atom stereocenters.